The van der Waals surface area contributed by atoms with Crippen LogP contribution in [0.5, 0.6) is 11.5 Å². The topological polar surface area (TPSA) is 78.6 Å². The van der Waals surface area contributed by atoms with Crippen LogP contribution in [-0.2, 0) is 4.74 Å². The molecule has 1 N–H and O–H groups in total. The Balaban J connectivity index is 0.00000208. The fraction of sp³-hybridized carbons (Fsp3) is 0.429. The number of hydrogen-bond donors (Lipinski definition) is 1. The van der Waals surface area contributed by atoms with E-state index in [1.165, 1.54) is 19.2 Å². The maximum atomic E-state index is 12.3. The van der Waals surface area contributed by atoms with Crippen molar-refractivity contribution in [1.29, 1.82) is 0 Å². The van der Waals surface area contributed by atoms with Crippen LogP contribution < -0.4 is 14.8 Å². The largest absolute Gasteiger partial charge is 0.493 e. The zero-order valence-electron chi connectivity index (χ0n) is 12.7. The van der Waals surface area contributed by atoms with Gasteiger partial charge in [-0.05, 0) is 18.2 Å². The standard InChI is InChI=1S/C14H15F2N3O4.ClH/c1-20-10-6-8(2-3-9(10)22-14(15)16)12-18-13(23-19-12)11-7-17-4-5-21-11;/h2-3,6,11,14,17H,4-5,7H2,1H3;1H/t11-;/m0./s1. The highest BCUT2D eigenvalue weighted by atomic mass is 35.5. The number of hydrogen-bond acceptors (Lipinski definition) is 7. The Morgan fingerprint density at radius 2 is 2.17 bits per heavy atom. The summed E-state index contributed by atoms with van der Waals surface area (Å²) >= 11 is 0. The van der Waals surface area contributed by atoms with E-state index in [9.17, 15) is 8.78 Å². The second kappa shape index (κ2) is 8.22. The number of halogens is 3. The van der Waals surface area contributed by atoms with Crippen LogP contribution in [0.1, 0.15) is 12.0 Å². The average Bonchev–Trinajstić information content (AvgIpc) is 3.05. The molecular formula is C14H16ClF2N3O4. The Morgan fingerprint density at radius 3 is 2.83 bits per heavy atom. The van der Waals surface area contributed by atoms with E-state index in [0.717, 1.165) is 6.54 Å². The zero-order valence-corrected chi connectivity index (χ0v) is 13.5. The van der Waals surface area contributed by atoms with Crippen molar-refractivity contribution in [3.05, 3.63) is 24.1 Å². The molecule has 0 bridgehead atoms. The van der Waals surface area contributed by atoms with E-state index in [2.05, 4.69) is 20.2 Å². The zero-order chi connectivity index (χ0) is 16.2. The van der Waals surface area contributed by atoms with Crippen LogP contribution >= 0.6 is 12.4 Å². The molecule has 7 nitrogen and oxygen atoms in total. The minimum Gasteiger partial charge on any atom is -0.493 e. The monoisotopic (exact) mass is 363 g/mol. The van der Waals surface area contributed by atoms with E-state index in [-0.39, 0.29) is 30.0 Å². The summed E-state index contributed by atoms with van der Waals surface area (Å²) in [6.07, 6.45) is -0.298. The van der Waals surface area contributed by atoms with Crippen LogP contribution in [0.25, 0.3) is 11.4 Å². The summed E-state index contributed by atoms with van der Waals surface area (Å²) in [7, 11) is 1.36. The summed E-state index contributed by atoms with van der Waals surface area (Å²) in [5.74, 6) is 0.773. The Morgan fingerprint density at radius 1 is 1.33 bits per heavy atom. The highest BCUT2D eigenvalue weighted by Gasteiger charge is 2.23. The van der Waals surface area contributed by atoms with Gasteiger partial charge in [0.05, 0.1) is 13.7 Å². The van der Waals surface area contributed by atoms with Gasteiger partial charge in [-0.2, -0.15) is 13.8 Å². The lowest BCUT2D eigenvalue weighted by Crippen LogP contribution is -2.33. The normalized spacial score (nSPS) is 17.4. The molecule has 1 atom stereocenters. The van der Waals surface area contributed by atoms with Crippen LogP contribution in [-0.4, -0.2) is 43.6 Å². The number of nitrogens with zero attached hydrogens (tertiary/aromatic N) is 2. The predicted octanol–water partition coefficient (Wildman–Crippen LogP) is 2.43. The van der Waals surface area contributed by atoms with Crippen molar-refractivity contribution in [1.82, 2.24) is 15.5 Å². The molecule has 132 valence electrons. The van der Waals surface area contributed by atoms with E-state index >= 15 is 0 Å². The van der Waals surface area contributed by atoms with Gasteiger partial charge in [-0.3, -0.25) is 0 Å². The maximum Gasteiger partial charge on any atom is 0.387 e. The Kier molecular flexibility index (Phi) is 6.29. The molecule has 0 amide bonds. The molecular weight excluding hydrogens is 348 g/mol. The Bertz CT molecular complexity index is 665. The highest BCUT2D eigenvalue weighted by Crippen LogP contribution is 2.33. The molecule has 0 unspecified atom stereocenters. The molecule has 1 fully saturated rings. The van der Waals surface area contributed by atoms with Crippen LogP contribution in [0.15, 0.2) is 22.7 Å². The summed E-state index contributed by atoms with van der Waals surface area (Å²) < 4.78 is 44.8. The number of nitrogens with one attached hydrogen (secondary N) is 1. The van der Waals surface area contributed by atoms with E-state index < -0.39 is 6.61 Å². The maximum absolute atomic E-state index is 12.3. The lowest BCUT2D eigenvalue weighted by Gasteiger charge is -2.19. The third-order valence-corrected chi connectivity index (χ3v) is 3.28. The minimum absolute atomic E-state index is 0. The molecule has 1 aliphatic rings. The average molecular weight is 364 g/mol. The summed E-state index contributed by atoms with van der Waals surface area (Å²) in [4.78, 5) is 4.28. The SMILES string of the molecule is COc1cc(-c2noc([C@@H]3CNCCO3)n2)ccc1OC(F)F.Cl. The fourth-order valence-corrected chi connectivity index (χ4v) is 2.21. The van der Waals surface area contributed by atoms with Gasteiger partial charge in [0.25, 0.3) is 5.89 Å². The van der Waals surface area contributed by atoms with Crippen molar-refractivity contribution in [2.45, 2.75) is 12.7 Å². The number of aromatic nitrogens is 2. The van der Waals surface area contributed by atoms with E-state index in [4.69, 9.17) is 14.0 Å². The van der Waals surface area contributed by atoms with Crippen molar-refractivity contribution >= 4 is 12.4 Å². The molecule has 2 aromatic rings. The number of rotatable bonds is 5. The molecule has 0 radical (unpaired) electrons. The van der Waals surface area contributed by atoms with Gasteiger partial charge in [0, 0.05) is 18.7 Å². The minimum atomic E-state index is -2.93. The van der Waals surface area contributed by atoms with E-state index in [1.54, 1.807) is 6.07 Å². The third-order valence-electron chi connectivity index (χ3n) is 3.28. The first-order valence-electron chi connectivity index (χ1n) is 6.96. The van der Waals surface area contributed by atoms with Gasteiger partial charge in [-0.1, -0.05) is 5.16 Å². The second-order valence-electron chi connectivity index (χ2n) is 4.76. The van der Waals surface area contributed by atoms with Gasteiger partial charge in [0.1, 0.15) is 6.10 Å². The summed E-state index contributed by atoms with van der Waals surface area (Å²) in [6.45, 7) is -0.995. The predicted molar refractivity (Wildman–Crippen MR) is 81.7 cm³/mol. The number of benzene rings is 1. The van der Waals surface area contributed by atoms with Gasteiger partial charge in [0.15, 0.2) is 11.5 Å². The van der Waals surface area contributed by atoms with Crippen molar-refractivity contribution in [3.63, 3.8) is 0 Å². The van der Waals surface area contributed by atoms with Crippen molar-refractivity contribution in [2.75, 3.05) is 26.8 Å². The Labute approximate surface area is 142 Å². The molecule has 1 saturated heterocycles. The number of ether oxygens (including phenoxy) is 3. The molecule has 0 aliphatic carbocycles. The van der Waals surface area contributed by atoms with Gasteiger partial charge in [-0.25, -0.2) is 0 Å². The molecule has 24 heavy (non-hydrogen) atoms. The van der Waals surface area contributed by atoms with Crippen LogP contribution in [0.2, 0.25) is 0 Å². The number of methoxy groups -OCH3 is 1. The van der Waals surface area contributed by atoms with Crippen LogP contribution in [0.4, 0.5) is 8.78 Å². The van der Waals surface area contributed by atoms with Crippen LogP contribution in [0, 0.1) is 0 Å². The van der Waals surface area contributed by atoms with Gasteiger partial charge < -0.3 is 24.1 Å². The Hall–Kier alpha value is -1.97. The van der Waals surface area contributed by atoms with Crippen molar-refractivity contribution in [2.24, 2.45) is 0 Å². The summed E-state index contributed by atoms with van der Waals surface area (Å²) in [6, 6.07) is 4.43. The summed E-state index contributed by atoms with van der Waals surface area (Å²) in [5, 5.41) is 7.06. The summed E-state index contributed by atoms with van der Waals surface area (Å²) in [5.41, 5.74) is 0.558. The van der Waals surface area contributed by atoms with Gasteiger partial charge in [-0.15, -0.1) is 12.4 Å². The lowest BCUT2D eigenvalue weighted by molar-refractivity contribution is -0.0512. The second-order valence-corrected chi connectivity index (χ2v) is 4.76. The molecule has 1 aromatic heterocycles. The first-order chi connectivity index (χ1) is 11.2. The van der Waals surface area contributed by atoms with Crippen molar-refractivity contribution < 1.29 is 27.5 Å². The fourth-order valence-electron chi connectivity index (χ4n) is 2.21. The molecule has 10 heteroatoms. The third kappa shape index (κ3) is 4.11. The van der Waals surface area contributed by atoms with E-state index in [0.29, 0.717) is 30.4 Å². The highest BCUT2D eigenvalue weighted by molar-refractivity contribution is 5.85. The molecule has 0 saturated carbocycles. The van der Waals surface area contributed by atoms with Gasteiger partial charge >= 0.3 is 6.61 Å². The number of alkyl halides is 2. The number of morpholine rings is 1. The molecule has 3 rings (SSSR count). The molecule has 2 heterocycles. The quantitative estimate of drug-likeness (QED) is 0.874. The van der Waals surface area contributed by atoms with Crippen LogP contribution in [0.3, 0.4) is 0 Å². The molecule has 1 aliphatic heterocycles. The van der Waals surface area contributed by atoms with Crippen molar-refractivity contribution in [3.8, 4) is 22.9 Å². The molecule has 0 spiro atoms. The lowest BCUT2D eigenvalue weighted by atomic mass is 10.2. The van der Waals surface area contributed by atoms with E-state index in [1.807, 2.05) is 0 Å². The molecule has 1 aromatic carbocycles. The smallest absolute Gasteiger partial charge is 0.387 e. The first-order valence-corrected chi connectivity index (χ1v) is 6.96. The van der Waals surface area contributed by atoms with Gasteiger partial charge in [0.2, 0.25) is 5.82 Å². The first kappa shape index (κ1) is 18.4.